The Morgan fingerprint density at radius 2 is 2.07 bits per heavy atom. The summed E-state index contributed by atoms with van der Waals surface area (Å²) in [5.41, 5.74) is 0.649. The van der Waals surface area contributed by atoms with Gasteiger partial charge in [-0.3, -0.25) is 4.57 Å². The highest BCUT2D eigenvalue weighted by atomic mass is 32.1. The van der Waals surface area contributed by atoms with Crippen LogP contribution in [0.15, 0.2) is 46.6 Å². The van der Waals surface area contributed by atoms with Crippen LogP contribution in [-0.2, 0) is 26.1 Å². The molecule has 0 spiro atoms. The van der Waals surface area contributed by atoms with Gasteiger partial charge in [-0.1, -0.05) is 18.2 Å². The molecule has 1 aliphatic heterocycles. The van der Waals surface area contributed by atoms with Crippen LogP contribution < -0.4 is 16.3 Å². The first-order valence-corrected chi connectivity index (χ1v) is 10.4. The fourth-order valence-electron chi connectivity index (χ4n) is 3.46. The van der Waals surface area contributed by atoms with E-state index in [9.17, 15) is 14.0 Å². The van der Waals surface area contributed by atoms with Crippen molar-refractivity contribution in [3.63, 3.8) is 0 Å². The molecule has 9 heteroatoms. The van der Waals surface area contributed by atoms with Gasteiger partial charge in [0.25, 0.3) is 0 Å². The zero-order valence-corrected chi connectivity index (χ0v) is 16.6. The van der Waals surface area contributed by atoms with E-state index in [1.54, 1.807) is 28.0 Å². The third-order valence-electron chi connectivity index (χ3n) is 5.00. The second-order valence-corrected chi connectivity index (χ2v) is 8.10. The van der Waals surface area contributed by atoms with Crippen LogP contribution in [0.3, 0.4) is 0 Å². The Morgan fingerprint density at radius 3 is 2.83 bits per heavy atom. The summed E-state index contributed by atoms with van der Waals surface area (Å²) in [5, 5.41) is 12.3. The lowest BCUT2D eigenvalue weighted by Crippen LogP contribution is -2.42. The molecule has 152 valence electrons. The van der Waals surface area contributed by atoms with Crippen molar-refractivity contribution in [1.29, 1.82) is 0 Å². The van der Waals surface area contributed by atoms with E-state index in [2.05, 4.69) is 15.7 Å². The molecule has 0 aliphatic carbocycles. The van der Waals surface area contributed by atoms with E-state index >= 15 is 0 Å². The van der Waals surface area contributed by atoms with Crippen LogP contribution in [0.5, 0.6) is 0 Å². The third kappa shape index (κ3) is 4.73. The number of nitrogens with zero attached hydrogens (tertiary/aromatic N) is 3. The lowest BCUT2D eigenvalue weighted by atomic mass is 10.1. The smallest absolute Gasteiger partial charge is 0.335 e. The number of fused-ring (bicyclic) bond motifs is 1. The zero-order chi connectivity index (χ0) is 20.2. The summed E-state index contributed by atoms with van der Waals surface area (Å²) in [5.74, 6) is 0.417. The Bertz CT molecular complexity index is 1030. The van der Waals surface area contributed by atoms with Gasteiger partial charge in [0.2, 0.25) is 0 Å². The Kier molecular flexibility index (Phi) is 5.75. The van der Waals surface area contributed by atoms with E-state index in [0.29, 0.717) is 32.5 Å². The predicted octanol–water partition coefficient (Wildman–Crippen LogP) is 2.50. The molecule has 29 heavy (non-hydrogen) atoms. The van der Waals surface area contributed by atoms with Crippen LogP contribution in [0.25, 0.3) is 0 Å². The number of carbonyl (C=O) groups excluding carboxylic acids is 1. The van der Waals surface area contributed by atoms with Crippen molar-refractivity contribution in [1.82, 2.24) is 25.0 Å². The number of hydrogen-bond donors (Lipinski definition) is 2. The van der Waals surface area contributed by atoms with Gasteiger partial charge in [0.05, 0.1) is 13.1 Å². The highest BCUT2D eigenvalue weighted by Crippen LogP contribution is 2.13. The van der Waals surface area contributed by atoms with E-state index in [0.717, 1.165) is 22.7 Å². The largest absolute Gasteiger partial charge is 0.346 e. The van der Waals surface area contributed by atoms with Crippen LogP contribution in [0.2, 0.25) is 0 Å². The van der Waals surface area contributed by atoms with E-state index in [1.807, 2.05) is 17.5 Å². The summed E-state index contributed by atoms with van der Waals surface area (Å²) in [6.07, 6.45) is 2.00. The van der Waals surface area contributed by atoms with Gasteiger partial charge in [0.15, 0.2) is 0 Å². The van der Waals surface area contributed by atoms with E-state index < -0.39 is 0 Å². The maximum atomic E-state index is 13.1. The van der Waals surface area contributed by atoms with Gasteiger partial charge in [0.1, 0.15) is 11.6 Å². The molecule has 2 amide bonds. The first kappa shape index (κ1) is 19.4. The number of rotatable bonds is 5. The van der Waals surface area contributed by atoms with Crippen molar-refractivity contribution < 1.29 is 9.18 Å². The molecule has 0 saturated carbocycles. The first-order valence-electron chi connectivity index (χ1n) is 9.56. The first-order chi connectivity index (χ1) is 14.1. The summed E-state index contributed by atoms with van der Waals surface area (Å²) in [4.78, 5) is 25.9. The molecule has 0 saturated heterocycles. The summed E-state index contributed by atoms with van der Waals surface area (Å²) in [6.45, 7) is 1.32. The number of carbonyl (C=O) groups is 1. The molecule has 1 unspecified atom stereocenters. The Labute approximate surface area is 171 Å². The third-order valence-corrected chi connectivity index (χ3v) is 5.88. The van der Waals surface area contributed by atoms with Gasteiger partial charge in [-0.05, 0) is 42.0 Å². The van der Waals surface area contributed by atoms with Gasteiger partial charge in [-0.2, -0.15) is 5.10 Å². The monoisotopic (exact) mass is 415 g/mol. The number of urea groups is 1. The minimum atomic E-state index is -0.306. The SMILES string of the molecule is O=C(NCc1cccs1)NC1CCc2nn(Cc3ccc(F)cc3)c(=O)n2CC1. The highest BCUT2D eigenvalue weighted by molar-refractivity contribution is 7.09. The lowest BCUT2D eigenvalue weighted by Gasteiger charge is -2.16. The number of amides is 2. The molecule has 3 heterocycles. The van der Waals surface area contributed by atoms with Crippen molar-refractivity contribution in [2.75, 3.05) is 0 Å². The van der Waals surface area contributed by atoms with Crippen LogP contribution in [0.4, 0.5) is 9.18 Å². The van der Waals surface area contributed by atoms with Gasteiger partial charge < -0.3 is 10.6 Å². The fourth-order valence-corrected chi connectivity index (χ4v) is 4.10. The predicted molar refractivity (Wildman–Crippen MR) is 108 cm³/mol. The summed E-state index contributed by atoms with van der Waals surface area (Å²) >= 11 is 1.60. The van der Waals surface area contributed by atoms with Gasteiger partial charge in [0, 0.05) is 23.9 Å². The fraction of sp³-hybridized carbons (Fsp3) is 0.350. The number of halogens is 1. The zero-order valence-electron chi connectivity index (χ0n) is 15.8. The molecular formula is C20H22FN5O2S. The van der Waals surface area contributed by atoms with Crippen molar-refractivity contribution in [2.24, 2.45) is 0 Å². The Morgan fingerprint density at radius 1 is 1.24 bits per heavy atom. The Hall–Kier alpha value is -2.94. The minimum Gasteiger partial charge on any atom is -0.335 e. The molecule has 2 aromatic heterocycles. The van der Waals surface area contributed by atoms with E-state index in [4.69, 9.17) is 0 Å². The van der Waals surface area contributed by atoms with Crippen molar-refractivity contribution in [3.8, 4) is 0 Å². The number of aromatic nitrogens is 3. The average molecular weight is 415 g/mol. The van der Waals surface area contributed by atoms with Gasteiger partial charge in [-0.15, -0.1) is 11.3 Å². The summed E-state index contributed by atoms with van der Waals surface area (Å²) in [6, 6.07) is 9.79. The number of benzene rings is 1. The molecule has 1 atom stereocenters. The van der Waals surface area contributed by atoms with Gasteiger partial charge >= 0.3 is 11.7 Å². The molecule has 2 N–H and O–H groups in total. The number of nitrogens with one attached hydrogen (secondary N) is 2. The number of hydrogen-bond acceptors (Lipinski definition) is 4. The quantitative estimate of drug-likeness (QED) is 0.672. The maximum Gasteiger partial charge on any atom is 0.346 e. The summed E-state index contributed by atoms with van der Waals surface area (Å²) in [7, 11) is 0. The van der Waals surface area contributed by atoms with Crippen LogP contribution in [-0.4, -0.2) is 26.4 Å². The molecule has 3 aromatic rings. The second kappa shape index (κ2) is 8.60. The topological polar surface area (TPSA) is 81.0 Å². The molecular weight excluding hydrogens is 393 g/mol. The second-order valence-electron chi connectivity index (χ2n) is 7.07. The Balaban J connectivity index is 1.34. The van der Waals surface area contributed by atoms with Crippen molar-refractivity contribution >= 4 is 17.4 Å². The number of thiophene rings is 1. The normalized spacial score (nSPS) is 16.1. The summed E-state index contributed by atoms with van der Waals surface area (Å²) < 4.78 is 16.2. The minimum absolute atomic E-state index is 0.00927. The molecule has 0 fully saturated rings. The van der Waals surface area contributed by atoms with Crippen molar-refractivity contribution in [3.05, 3.63) is 74.3 Å². The molecule has 0 radical (unpaired) electrons. The van der Waals surface area contributed by atoms with Crippen LogP contribution >= 0.6 is 11.3 Å². The van der Waals surface area contributed by atoms with E-state index in [1.165, 1.54) is 16.8 Å². The van der Waals surface area contributed by atoms with E-state index in [-0.39, 0.29) is 23.6 Å². The molecule has 1 aliphatic rings. The molecule has 1 aromatic carbocycles. The molecule has 4 rings (SSSR count). The van der Waals surface area contributed by atoms with Gasteiger partial charge in [-0.25, -0.2) is 18.7 Å². The van der Waals surface area contributed by atoms with Crippen LogP contribution in [0.1, 0.15) is 29.1 Å². The molecule has 7 nitrogen and oxygen atoms in total. The standard InChI is InChI=1S/C20H22FN5O2S/c21-15-5-3-14(4-6-15)13-26-20(28)25-10-9-16(7-8-18(25)24-26)23-19(27)22-12-17-2-1-11-29-17/h1-6,11,16H,7-10,12-13H2,(H2,22,23,27). The maximum absolute atomic E-state index is 13.1. The molecule has 0 bridgehead atoms. The lowest BCUT2D eigenvalue weighted by molar-refractivity contribution is 0.235. The van der Waals surface area contributed by atoms with Crippen LogP contribution in [0, 0.1) is 5.82 Å². The highest BCUT2D eigenvalue weighted by Gasteiger charge is 2.22. The average Bonchev–Trinajstić information content (AvgIpc) is 3.28. The van der Waals surface area contributed by atoms with Crippen molar-refractivity contribution in [2.45, 2.75) is 44.9 Å². The number of aryl methyl sites for hydroxylation is 1.